The largest absolute Gasteiger partial charge is 0.479 e. The van der Waals surface area contributed by atoms with E-state index >= 15 is 0 Å². The van der Waals surface area contributed by atoms with Crippen molar-refractivity contribution in [2.75, 3.05) is 19.8 Å². The molecule has 1 aliphatic carbocycles. The highest BCUT2D eigenvalue weighted by atomic mass is 16.5. The number of aliphatic hydroxyl groups excluding tert-OH is 1. The Morgan fingerprint density at radius 1 is 1.06 bits per heavy atom. The van der Waals surface area contributed by atoms with E-state index in [0.29, 0.717) is 12.8 Å². The Kier molecular flexibility index (Phi) is 7.71. The van der Waals surface area contributed by atoms with Gasteiger partial charge < -0.3 is 25.6 Å². The molecule has 2 aromatic rings. The van der Waals surface area contributed by atoms with Gasteiger partial charge in [-0.05, 0) is 35.6 Å². The molecule has 0 bridgehead atoms. The molecule has 2 unspecified atom stereocenters. The number of nitrogens with one attached hydrogen (secondary N) is 2. The van der Waals surface area contributed by atoms with Crippen molar-refractivity contribution in [1.29, 1.82) is 0 Å². The fraction of sp³-hybridized carbons (Fsp3) is 0.400. The van der Waals surface area contributed by atoms with E-state index in [0.717, 1.165) is 22.3 Å². The lowest BCUT2D eigenvalue weighted by Gasteiger charge is -2.26. The molecule has 1 aliphatic rings. The van der Waals surface area contributed by atoms with Crippen LogP contribution in [0.3, 0.4) is 0 Å². The quantitative estimate of drug-likeness (QED) is 0.438. The lowest BCUT2D eigenvalue weighted by molar-refractivity contribution is -0.149. The summed E-state index contributed by atoms with van der Waals surface area (Å²) in [6.45, 7) is 2.53. The second-order valence-corrected chi connectivity index (χ2v) is 8.48. The minimum atomic E-state index is -1.78. The van der Waals surface area contributed by atoms with Gasteiger partial charge in [0.25, 0.3) is 0 Å². The van der Waals surface area contributed by atoms with E-state index in [1.165, 1.54) is 6.92 Å². The van der Waals surface area contributed by atoms with Crippen molar-refractivity contribution in [3.05, 3.63) is 59.7 Å². The molecule has 4 N–H and O–H groups in total. The summed E-state index contributed by atoms with van der Waals surface area (Å²) in [4.78, 5) is 36.4. The first-order valence-electron chi connectivity index (χ1n) is 11.1. The van der Waals surface area contributed by atoms with Gasteiger partial charge in [-0.15, -0.1) is 0 Å². The minimum absolute atomic E-state index is 0.00251. The van der Waals surface area contributed by atoms with Crippen molar-refractivity contribution < 1.29 is 29.3 Å². The summed E-state index contributed by atoms with van der Waals surface area (Å²) >= 11 is 0. The normalized spacial score (nSPS) is 15.0. The summed E-state index contributed by atoms with van der Waals surface area (Å²) in [5.41, 5.74) is 2.69. The number of carboxylic acid groups (broad SMARTS) is 1. The lowest BCUT2D eigenvalue weighted by atomic mass is 9.98. The average molecular weight is 455 g/mol. The van der Waals surface area contributed by atoms with Crippen LogP contribution in [-0.4, -0.2) is 53.5 Å². The standard InChI is InChI=1S/C25H30N2O6/c1-3-8-16(22(29)27-25(2,15-28)23(30)31)13-26-24(32)33-14-21-19-11-6-4-9-17(19)18-10-5-7-12-20(18)21/h4-7,9-12,16,21,28H,3,8,13-15H2,1-2H3,(H,26,32)(H,27,29)(H,30,31). The van der Waals surface area contributed by atoms with Gasteiger partial charge in [-0.2, -0.15) is 0 Å². The van der Waals surface area contributed by atoms with Crippen LogP contribution in [0.5, 0.6) is 0 Å². The molecular formula is C25H30N2O6. The highest BCUT2D eigenvalue weighted by Crippen LogP contribution is 2.44. The molecule has 0 radical (unpaired) electrons. The summed E-state index contributed by atoms with van der Waals surface area (Å²) in [5.74, 6) is -2.60. The number of carbonyl (C=O) groups excluding carboxylic acids is 2. The Morgan fingerprint density at radius 3 is 2.15 bits per heavy atom. The molecule has 0 saturated heterocycles. The van der Waals surface area contributed by atoms with Gasteiger partial charge in [0.05, 0.1) is 12.5 Å². The molecular weight excluding hydrogens is 424 g/mol. The van der Waals surface area contributed by atoms with Crippen LogP contribution >= 0.6 is 0 Å². The zero-order valence-electron chi connectivity index (χ0n) is 18.8. The summed E-state index contributed by atoms with van der Waals surface area (Å²) in [5, 5.41) is 23.6. The predicted molar refractivity (Wildman–Crippen MR) is 123 cm³/mol. The molecule has 2 aromatic carbocycles. The van der Waals surface area contributed by atoms with E-state index < -0.39 is 36.0 Å². The van der Waals surface area contributed by atoms with Gasteiger partial charge in [0.2, 0.25) is 5.91 Å². The third-order valence-electron chi connectivity index (χ3n) is 6.03. The number of amides is 2. The number of ether oxygens (including phenoxy) is 1. The van der Waals surface area contributed by atoms with Crippen LogP contribution < -0.4 is 10.6 Å². The molecule has 0 aliphatic heterocycles. The Hall–Kier alpha value is -3.39. The average Bonchev–Trinajstić information content (AvgIpc) is 3.13. The molecule has 8 heteroatoms. The minimum Gasteiger partial charge on any atom is -0.479 e. The number of carboxylic acids is 1. The van der Waals surface area contributed by atoms with E-state index in [-0.39, 0.29) is 19.1 Å². The van der Waals surface area contributed by atoms with Crippen LogP contribution in [0.25, 0.3) is 11.1 Å². The van der Waals surface area contributed by atoms with Crippen LogP contribution in [0.15, 0.2) is 48.5 Å². The number of alkyl carbamates (subject to hydrolysis) is 1. The molecule has 3 rings (SSSR count). The summed E-state index contributed by atoms with van der Waals surface area (Å²) in [7, 11) is 0. The van der Waals surface area contributed by atoms with E-state index in [1.54, 1.807) is 0 Å². The molecule has 0 heterocycles. The number of hydrogen-bond donors (Lipinski definition) is 4. The maximum atomic E-state index is 12.6. The van der Waals surface area contributed by atoms with E-state index in [1.807, 2.05) is 43.3 Å². The number of hydrogen-bond acceptors (Lipinski definition) is 5. The Balaban J connectivity index is 1.59. The van der Waals surface area contributed by atoms with Gasteiger partial charge in [-0.1, -0.05) is 61.9 Å². The third kappa shape index (κ3) is 5.34. The van der Waals surface area contributed by atoms with Crippen LogP contribution in [-0.2, 0) is 14.3 Å². The number of fused-ring (bicyclic) bond motifs is 3. The monoisotopic (exact) mass is 454 g/mol. The molecule has 0 saturated carbocycles. The number of carbonyl (C=O) groups is 3. The fourth-order valence-corrected chi connectivity index (χ4v) is 4.06. The van der Waals surface area contributed by atoms with Crippen LogP contribution in [0, 0.1) is 5.92 Å². The van der Waals surface area contributed by atoms with Crippen molar-refractivity contribution in [2.45, 2.75) is 38.1 Å². The zero-order chi connectivity index (χ0) is 24.0. The summed E-state index contributed by atoms with van der Waals surface area (Å²) in [6, 6.07) is 16.1. The van der Waals surface area contributed by atoms with Crippen molar-refractivity contribution in [3.63, 3.8) is 0 Å². The second-order valence-electron chi connectivity index (χ2n) is 8.48. The Labute approximate surface area is 193 Å². The number of aliphatic hydroxyl groups is 1. The van der Waals surface area contributed by atoms with Crippen molar-refractivity contribution in [3.8, 4) is 11.1 Å². The third-order valence-corrected chi connectivity index (χ3v) is 6.03. The van der Waals surface area contributed by atoms with Crippen molar-refractivity contribution in [1.82, 2.24) is 10.6 Å². The smallest absolute Gasteiger partial charge is 0.407 e. The first-order chi connectivity index (χ1) is 15.8. The highest BCUT2D eigenvalue weighted by molar-refractivity contribution is 5.88. The second kappa shape index (κ2) is 10.5. The predicted octanol–water partition coefficient (Wildman–Crippen LogP) is 2.89. The molecule has 2 atom stereocenters. The van der Waals surface area contributed by atoms with Crippen LogP contribution in [0.1, 0.15) is 43.7 Å². The van der Waals surface area contributed by atoms with E-state index in [9.17, 15) is 24.6 Å². The maximum Gasteiger partial charge on any atom is 0.407 e. The van der Waals surface area contributed by atoms with Crippen LogP contribution in [0.4, 0.5) is 4.79 Å². The number of benzene rings is 2. The molecule has 176 valence electrons. The van der Waals surface area contributed by atoms with Gasteiger partial charge in [-0.3, -0.25) is 4.79 Å². The molecule has 8 nitrogen and oxygen atoms in total. The number of rotatable bonds is 10. The molecule has 0 aromatic heterocycles. The Bertz CT molecular complexity index is 978. The van der Waals surface area contributed by atoms with E-state index in [2.05, 4.69) is 22.8 Å². The number of aliphatic carboxylic acids is 1. The van der Waals surface area contributed by atoms with E-state index in [4.69, 9.17) is 4.74 Å². The zero-order valence-corrected chi connectivity index (χ0v) is 18.8. The molecule has 0 fully saturated rings. The van der Waals surface area contributed by atoms with Gasteiger partial charge >= 0.3 is 12.1 Å². The van der Waals surface area contributed by atoms with Crippen molar-refractivity contribution in [2.24, 2.45) is 5.92 Å². The Morgan fingerprint density at radius 2 is 1.64 bits per heavy atom. The topological polar surface area (TPSA) is 125 Å². The summed E-state index contributed by atoms with van der Waals surface area (Å²) < 4.78 is 5.49. The van der Waals surface area contributed by atoms with Gasteiger partial charge in [0.15, 0.2) is 5.54 Å². The molecule has 33 heavy (non-hydrogen) atoms. The van der Waals surface area contributed by atoms with Crippen LogP contribution in [0.2, 0.25) is 0 Å². The SMILES string of the molecule is CCCC(CNC(=O)OCC1c2ccccc2-c2ccccc21)C(=O)NC(C)(CO)C(=O)O. The van der Waals surface area contributed by atoms with Gasteiger partial charge in [0.1, 0.15) is 6.61 Å². The molecule has 0 spiro atoms. The summed E-state index contributed by atoms with van der Waals surface area (Å²) in [6.07, 6.45) is 0.457. The first kappa shape index (κ1) is 24.3. The van der Waals surface area contributed by atoms with Gasteiger partial charge in [0, 0.05) is 12.5 Å². The highest BCUT2D eigenvalue weighted by Gasteiger charge is 2.36. The lowest BCUT2D eigenvalue weighted by Crippen LogP contribution is -2.57. The molecule has 2 amide bonds. The first-order valence-corrected chi connectivity index (χ1v) is 11.1. The van der Waals surface area contributed by atoms with Gasteiger partial charge in [-0.25, -0.2) is 9.59 Å². The van der Waals surface area contributed by atoms with Crippen molar-refractivity contribution >= 4 is 18.0 Å². The maximum absolute atomic E-state index is 12.6. The fourth-order valence-electron chi connectivity index (χ4n) is 4.06.